The number of hydrogen-bond donors (Lipinski definition) is 1. The van der Waals surface area contributed by atoms with Crippen molar-refractivity contribution >= 4 is 5.78 Å². The summed E-state index contributed by atoms with van der Waals surface area (Å²) in [6.07, 6.45) is 0. The standard InChI is InChI=1S/C16H24N2O2/c1-12(19)13-5-6-15(20)14(9-13)10-18-8-7-17(4)16(2,3)11-18/h5-6,9,20H,7-8,10-11H2,1-4H3. The predicted octanol–water partition coefficient (Wildman–Crippen LogP) is 2.12. The fourth-order valence-electron chi connectivity index (χ4n) is 2.65. The summed E-state index contributed by atoms with van der Waals surface area (Å²) in [7, 11) is 2.14. The van der Waals surface area contributed by atoms with E-state index >= 15 is 0 Å². The van der Waals surface area contributed by atoms with Gasteiger partial charge in [0.1, 0.15) is 5.75 Å². The van der Waals surface area contributed by atoms with E-state index in [1.807, 2.05) is 6.07 Å². The number of carbonyl (C=O) groups excluding carboxylic acids is 1. The summed E-state index contributed by atoms with van der Waals surface area (Å²) in [5, 5.41) is 9.98. The second-order valence-corrected chi connectivity index (χ2v) is 6.34. The summed E-state index contributed by atoms with van der Waals surface area (Å²) in [5.74, 6) is 0.302. The number of aromatic hydroxyl groups is 1. The summed E-state index contributed by atoms with van der Waals surface area (Å²) in [6, 6.07) is 5.10. The maximum absolute atomic E-state index is 11.4. The molecule has 0 amide bonds. The van der Waals surface area contributed by atoms with Gasteiger partial charge in [-0.15, -0.1) is 0 Å². The maximum Gasteiger partial charge on any atom is 0.159 e. The van der Waals surface area contributed by atoms with E-state index in [4.69, 9.17) is 0 Å². The van der Waals surface area contributed by atoms with Gasteiger partial charge in [-0.1, -0.05) is 0 Å². The van der Waals surface area contributed by atoms with Crippen molar-refractivity contribution in [1.82, 2.24) is 9.80 Å². The van der Waals surface area contributed by atoms with E-state index in [0.717, 1.165) is 25.2 Å². The zero-order valence-corrected chi connectivity index (χ0v) is 12.8. The SMILES string of the molecule is CC(=O)c1ccc(O)c(CN2CCN(C)C(C)(C)C2)c1. The molecule has 110 valence electrons. The number of likely N-dealkylation sites (N-methyl/N-ethyl adjacent to an activating group) is 1. The van der Waals surface area contributed by atoms with E-state index in [-0.39, 0.29) is 17.1 Å². The number of rotatable bonds is 3. The minimum atomic E-state index is 0.0324. The van der Waals surface area contributed by atoms with Gasteiger partial charge in [0.25, 0.3) is 0 Å². The Morgan fingerprint density at radius 1 is 1.35 bits per heavy atom. The van der Waals surface area contributed by atoms with E-state index in [1.165, 1.54) is 0 Å². The van der Waals surface area contributed by atoms with Gasteiger partial charge in [0.15, 0.2) is 5.78 Å². The minimum Gasteiger partial charge on any atom is -0.508 e. The highest BCUT2D eigenvalue weighted by Crippen LogP contribution is 2.24. The van der Waals surface area contributed by atoms with Crippen LogP contribution in [-0.4, -0.2) is 52.9 Å². The van der Waals surface area contributed by atoms with Gasteiger partial charge in [-0.05, 0) is 46.0 Å². The van der Waals surface area contributed by atoms with Gasteiger partial charge < -0.3 is 5.11 Å². The highest BCUT2D eigenvalue weighted by Gasteiger charge is 2.31. The van der Waals surface area contributed by atoms with Crippen LogP contribution in [0.15, 0.2) is 18.2 Å². The zero-order valence-electron chi connectivity index (χ0n) is 12.8. The Bertz CT molecular complexity index is 511. The Morgan fingerprint density at radius 3 is 2.65 bits per heavy atom. The number of phenols is 1. The molecule has 0 unspecified atom stereocenters. The van der Waals surface area contributed by atoms with Crippen molar-refractivity contribution < 1.29 is 9.90 Å². The zero-order chi connectivity index (χ0) is 14.9. The molecule has 0 aliphatic carbocycles. The molecule has 0 atom stereocenters. The first-order valence-corrected chi connectivity index (χ1v) is 7.06. The van der Waals surface area contributed by atoms with Crippen LogP contribution in [0.3, 0.4) is 0 Å². The van der Waals surface area contributed by atoms with Gasteiger partial charge in [-0.25, -0.2) is 0 Å². The molecule has 1 aromatic rings. The quantitative estimate of drug-likeness (QED) is 0.859. The van der Waals surface area contributed by atoms with Crippen LogP contribution in [0.1, 0.15) is 36.7 Å². The third-order valence-electron chi connectivity index (χ3n) is 4.28. The summed E-state index contributed by atoms with van der Waals surface area (Å²) in [5.41, 5.74) is 1.62. The smallest absolute Gasteiger partial charge is 0.159 e. The number of phenolic OH excluding ortho intramolecular Hbond substituents is 1. The van der Waals surface area contributed by atoms with Gasteiger partial charge in [-0.3, -0.25) is 14.6 Å². The van der Waals surface area contributed by atoms with E-state index in [2.05, 4.69) is 30.7 Å². The lowest BCUT2D eigenvalue weighted by molar-refractivity contribution is 0.0356. The number of carbonyl (C=O) groups is 1. The Kier molecular flexibility index (Phi) is 4.16. The number of piperazine rings is 1. The molecule has 1 fully saturated rings. The van der Waals surface area contributed by atoms with Gasteiger partial charge in [0.05, 0.1) is 0 Å². The molecule has 0 radical (unpaired) electrons. The molecular formula is C16H24N2O2. The molecule has 20 heavy (non-hydrogen) atoms. The normalized spacial score (nSPS) is 20.0. The van der Waals surface area contributed by atoms with Crippen molar-refractivity contribution in [2.75, 3.05) is 26.7 Å². The Morgan fingerprint density at radius 2 is 2.05 bits per heavy atom. The fourth-order valence-corrected chi connectivity index (χ4v) is 2.65. The first kappa shape index (κ1) is 15.0. The van der Waals surface area contributed by atoms with E-state index < -0.39 is 0 Å². The number of ketones is 1. The number of benzene rings is 1. The lowest BCUT2D eigenvalue weighted by atomic mass is 9.98. The van der Waals surface area contributed by atoms with Gasteiger partial charge in [0, 0.05) is 42.8 Å². The molecular weight excluding hydrogens is 252 g/mol. The van der Waals surface area contributed by atoms with Crippen LogP contribution in [0.2, 0.25) is 0 Å². The summed E-state index contributed by atoms with van der Waals surface area (Å²) < 4.78 is 0. The first-order chi connectivity index (χ1) is 9.29. The van der Waals surface area contributed by atoms with Crippen LogP contribution in [0.25, 0.3) is 0 Å². The number of nitrogens with zero attached hydrogens (tertiary/aromatic N) is 2. The second kappa shape index (κ2) is 5.54. The summed E-state index contributed by atoms with van der Waals surface area (Å²) in [4.78, 5) is 16.1. The molecule has 0 spiro atoms. The molecule has 4 nitrogen and oxygen atoms in total. The van der Waals surface area contributed by atoms with E-state index in [0.29, 0.717) is 12.1 Å². The van der Waals surface area contributed by atoms with Crippen LogP contribution in [-0.2, 0) is 6.54 Å². The van der Waals surface area contributed by atoms with Crippen LogP contribution in [0, 0.1) is 0 Å². The third-order valence-corrected chi connectivity index (χ3v) is 4.28. The van der Waals surface area contributed by atoms with Crippen LogP contribution >= 0.6 is 0 Å². The van der Waals surface area contributed by atoms with Crippen LogP contribution in [0.4, 0.5) is 0 Å². The van der Waals surface area contributed by atoms with Crippen molar-refractivity contribution in [3.05, 3.63) is 29.3 Å². The second-order valence-electron chi connectivity index (χ2n) is 6.34. The van der Waals surface area contributed by atoms with E-state index in [9.17, 15) is 9.90 Å². The first-order valence-electron chi connectivity index (χ1n) is 7.06. The van der Waals surface area contributed by atoms with Gasteiger partial charge in [0.2, 0.25) is 0 Å². The van der Waals surface area contributed by atoms with Crippen molar-refractivity contribution in [1.29, 1.82) is 0 Å². The van der Waals surface area contributed by atoms with Crippen molar-refractivity contribution in [2.45, 2.75) is 32.9 Å². The largest absolute Gasteiger partial charge is 0.508 e. The molecule has 1 N–H and O–H groups in total. The van der Waals surface area contributed by atoms with Crippen molar-refractivity contribution in [3.8, 4) is 5.75 Å². The molecule has 2 rings (SSSR count). The fraction of sp³-hybridized carbons (Fsp3) is 0.562. The van der Waals surface area contributed by atoms with Crippen molar-refractivity contribution in [3.63, 3.8) is 0 Å². The Balaban J connectivity index is 2.14. The van der Waals surface area contributed by atoms with Gasteiger partial charge in [-0.2, -0.15) is 0 Å². The molecule has 1 heterocycles. The third kappa shape index (κ3) is 3.19. The molecule has 0 bridgehead atoms. The molecule has 1 aliphatic heterocycles. The number of Topliss-reactive ketones (excluding diaryl/α,β-unsaturated/α-hetero) is 1. The Hall–Kier alpha value is -1.39. The molecule has 1 aromatic carbocycles. The van der Waals surface area contributed by atoms with Crippen LogP contribution in [0.5, 0.6) is 5.75 Å². The van der Waals surface area contributed by atoms with Gasteiger partial charge >= 0.3 is 0 Å². The molecule has 1 aliphatic rings. The highest BCUT2D eigenvalue weighted by atomic mass is 16.3. The predicted molar refractivity (Wildman–Crippen MR) is 80.1 cm³/mol. The highest BCUT2D eigenvalue weighted by molar-refractivity contribution is 5.94. The van der Waals surface area contributed by atoms with E-state index in [1.54, 1.807) is 19.1 Å². The molecule has 0 aromatic heterocycles. The summed E-state index contributed by atoms with van der Waals surface area (Å²) >= 11 is 0. The maximum atomic E-state index is 11.4. The molecule has 1 saturated heterocycles. The Labute approximate surface area is 121 Å². The number of hydrogen-bond acceptors (Lipinski definition) is 4. The lowest BCUT2D eigenvalue weighted by Gasteiger charge is -2.45. The van der Waals surface area contributed by atoms with Crippen LogP contribution < -0.4 is 0 Å². The molecule has 0 saturated carbocycles. The van der Waals surface area contributed by atoms with Crippen molar-refractivity contribution in [2.24, 2.45) is 0 Å². The monoisotopic (exact) mass is 276 g/mol. The summed E-state index contributed by atoms with van der Waals surface area (Å²) in [6.45, 7) is 9.63. The average Bonchev–Trinajstić information content (AvgIpc) is 2.36. The topological polar surface area (TPSA) is 43.8 Å². The minimum absolute atomic E-state index is 0.0324. The lowest BCUT2D eigenvalue weighted by Crippen LogP contribution is -2.57. The average molecular weight is 276 g/mol. The molecule has 4 heteroatoms.